The monoisotopic (exact) mass is 392 g/mol. The maximum atomic E-state index is 12.7. The van der Waals surface area contributed by atoms with E-state index in [1.54, 1.807) is 4.90 Å². The lowest BCUT2D eigenvalue weighted by Crippen LogP contribution is -2.49. The lowest BCUT2D eigenvalue weighted by atomic mass is 9.88. The van der Waals surface area contributed by atoms with E-state index in [0.29, 0.717) is 12.1 Å². The number of urea groups is 1. The summed E-state index contributed by atoms with van der Waals surface area (Å²) in [6, 6.07) is 2.41. The van der Waals surface area contributed by atoms with E-state index in [9.17, 15) is 24.5 Å². The molecule has 4 rings (SSSR count). The second kappa shape index (κ2) is 6.19. The summed E-state index contributed by atoms with van der Waals surface area (Å²) in [4.78, 5) is 48.5. The number of hydrogen-bond acceptors (Lipinski definition) is 5. The fourth-order valence-corrected chi connectivity index (χ4v) is 4.19. The van der Waals surface area contributed by atoms with Crippen LogP contribution in [0, 0.1) is 16.0 Å². The number of amides is 4. The van der Waals surface area contributed by atoms with Crippen molar-refractivity contribution in [2.24, 2.45) is 5.92 Å². The van der Waals surface area contributed by atoms with Crippen molar-refractivity contribution >= 4 is 35.1 Å². The number of carbonyl (C=O) groups excluding carboxylic acids is 3. The highest BCUT2D eigenvalue weighted by Gasteiger charge is 2.55. The molecule has 4 amide bonds. The zero-order valence-corrected chi connectivity index (χ0v) is 15.0. The van der Waals surface area contributed by atoms with E-state index in [2.05, 4.69) is 10.6 Å². The number of nitrogens with zero attached hydrogens (tertiary/aromatic N) is 2. The Labute approximate surface area is 159 Å². The zero-order chi connectivity index (χ0) is 19.3. The van der Waals surface area contributed by atoms with Gasteiger partial charge in [0.1, 0.15) is 10.6 Å². The van der Waals surface area contributed by atoms with E-state index in [1.807, 2.05) is 0 Å². The van der Waals surface area contributed by atoms with Crippen molar-refractivity contribution in [1.29, 1.82) is 0 Å². The minimum atomic E-state index is -0.999. The molecule has 1 saturated heterocycles. The van der Waals surface area contributed by atoms with Crippen molar-refractivity contribution in [3.8, 4) is 0 Å². The molecule has 1 unspecified atom stereocenters. The fraction of sp³-hybridized carbons (Fsp3) is 0.471. The first-order chi connectivity index (χ1) is 12.8. The van der Waals surface area contributed by atoms with Crippen LogP contribution in [0.15, 0.2) is 12.1 Å². The molecule has 142 valence electrons. The average molecular weight is 393 g/mol. The van der Waals surface area contributed by atoms with Crippen molar-refractivity contribution in [3.63, 3.8) is 0 Å². The predicted octanol–water partition coefficient (Wildman–Crippen LogP) is 1.86. The SMILES string of the molecule is O=C1NC(=O)C(CCC(=O)N2Cc3cc(Cl)c([N+](=O)[O-])cc3C2)(C2CC2)N1. The van der Waals surface area contributed by atoms with E-state index < -0.39 is 16.5 Å². The number of hydrogen-bond donors (Lipinski definition) is 2. The number of rotatable bonds is 5. The smallest absolute Gasteiger partial charge is 0.322 e. The molecule has 10 heteroatoms. The van der Waals surface area contributed by atoms with E-state index in [4.69, 9.17) is 11.6 Å². The van der Waals surface area contributed by atoms with Gasteiger partial charge in [0, 0.05) is 25.6 Å². The molecule has 0 aromatic heterocycles. The van der Waals surface area contributed by atoms with E-state index in [-0.39, 0.29) is 47.8 Å². The third kappa shape index (κ3) is 3.01. The van der Waals surface area contributed by atoms with Gasteiger partial charge in [0.25, 0.3) is 11.6 Å². The van der Waals surface area contributed by atoms with Crippen LogP contribution in [0.4, 0.5) is 10.5 Å². The number of imide groups is 1. The van der Waals surface area contributed by atoms with Crippen LogP contribution in [-0.4, -0.2) is 33.2 Å². The highest BCUT2D eigenvalue weighted by atomic mass is 35.5. The molecule has 9 nitrogen and oxygen atoms in total. The molecule has 0 bridgehead atoms. The Morgan fingerprint density at radius 1 is 1.30 bits per heavy atom. The van der Waals surface area contributed by atoms with E-state index in [0.717, 1.165) is 18.4 Å². The molecule has 0 spiro atoms. The van der Waals surface area contributed by atoms with Crippen LogP contribution in [0.5, 0.6) is 0 Å². The van der Waals surface area contributed by atoms with Crippen molar-refractivity contribution in [1.82, 2.24) is 15.5 Å². The first kappa shape index (κ1) is 17.7. The fourth-order valence-electron chi connectivity index (χ4n) is 3.94. The Balaban J connectivity index is 1.44. The van der Waals surface area contributed by atoms with Crippen LogP contribution in [0.25, 0.3) is 0 Å². The summed E-state index contributed by atoms with van der Waals surface area (Å²) < 4.78 is 0. The molecule has 1 aliphatic carbocycles. The molecule has 1 aromatic carbocycles. The second-order valence-corrected chi connectivity index (χ2v) is 7.64. The number of benzene rings is 1. The lowest BCUT2D eigenvalue weighted by molar-refractivity contribution is -0.384. The van der Waals surface area contributed by atoms with Crippen molar-refractivity contribution < 1.29 is 19.3 Å². The summed E-state index contributed by atoms with van der Waals surface area (Å²) in [6.07, 6.45) is 2.04. The summed E-state index contributed by atoms with van der Waals surface area (Å²) in [5, 5.41) is 16.0. The van der Waals surface area contributed by atoms with Crippen LogP contribution in [-0.2, 0) is 22.7 Å². The Bertz CT molecular complexity index is 884. The van der Waals surface area contributed by atoms with Gasteiger partial charge in [-0.2, -0.15) is 0 Å². The summed E-state index contributed by atoms with van der Waals surface area (Å²) in [5.74, 6) is -0.470. The molecule has 3 aliphatic rings. The molecule has 2 N–H and O–H groups in total. The van der Waals surface area contributed by atoms with E-state index >= 15 is 0 Å². The number of nitrogens with one attached hydrogen (secondary N) is 2. The summed E-state index contributed by atoms with van der Waals surface area (Å²) in [7, 11) is 0. The van der Waals surface area contributed by atoms with Crippen LogP contribution < -0.4 is 10.6 Å². The third-order valence-corrected chi connectivity index (χ3v) is 5.82. The van der Waals surface area contributed by atoms with Gasteiger partial charge < -0.3 is 10.2 Å². The quantitative estimate of drug-likeness (QED) is 0.450. The van der Waals surface area contributed by atoms with Gasteiger partial charge in [-0.25, -0.2) is 4.79 Å². The van der Waals surface area contributed by atoms with Gasteiger partial charge in [-0.15, -0.1) is 0 Å². The van der Waals surface area contributed by atoms with Gasteiger partial charge in [-0.05, 0) is 42.4 Å². The third-order valence-electron chi connectivity index (χ3n) is 5.52. The van der Waals surface area contributed by atoms with Gasteiger partial charge in [0.2, 0.25) is 5.91 Å². The molecule has 27 heavy (non-hydrogen) atoms. The summed E-state index contributed by atoms with van der Waals surface area (Å²) >= 11 is 5.94. The molecule has 1 atom stereocenters. The number of carbonyl (C=O) groups is 3. The zero-order valence-electron chi connectivity index (χ0n) is 14.3. The predicted molar refractivity (Wildman–Crippen MR) is 93.7 cm³/mol. The Morgan fingerprint density at radius 2 is 1.96 bits per heavy atom. The van der Waals surface area contributed by atoms with Gasteiger partial charge in [0.05, 0.1) is 4.92 Å². The molecular formula is C17H17ClN4O5. The highest BCUT2D eigenvalue weighted by molar-refractivity contribution is 6.32. The summed E-state index contributed by atoms with van der Waals surface area (Å²) in [5.41, 5.74) is 0.301. The maximum absolute atomic E-state index is 12.7. The van der Waals surface area contributed by atoms with Crippen LogP contribution >= 0.6 is 11.6 Å². The molecule has 2 aliphatic heterocycles. The first-order valence-corrected chi connectivity index (χ1v) is 9.05. The standard InChI is InChI=1S/C17H17ClN4O5/c18-12-5-9-7-21(8-10(9)6-13(12)22(26)27)14(23)3-4-17(11-1-2-11)15(24)19-16(25)20-17/h5-6,11H,1-4,7-8H2,(H2,19,20,24,25). The molecule has 0 radical (unpaired) electrons. The maximum Gasteiger partial charge on any atom is 0.322 e. The minimum absolute atomic E-state index is 0.0473. The Kier molecular flexibility index (Phi) is 4.06. The average Bonchev–Trinajstić information content (AvgIpc) is 3.30. The van der Waals surface area contributed by atoms with Gasteiger partial charge in [-0.3, -0.25) is 25.0 Å². The van der Waals surface area contributed by atoms with Crippen LogP contribution in [0.2, 0.25) is 5.02 Å². The summed E-state index contributed by atoms with van der Waals surface area (Å²) in [6.45, 7) is 0.585. The molecular weight excluding hydrogens is 376 g/mol. The van der Waals surface area contributed by atoms with Crippen molar-refractivity contribution in [2.75, 3.05) is 0 Å². The molecule has 2 fully saturated rings. The highest BCUT2D eigenvalue weighted by Crippen LogP contribution is 2.44. The van der Waals surface area contributed by atoms with Crippen molar-refractivity contribution in [3.05, 3.63) is 38.4 Å². The number of fused-ring (bicyclic) bond motifs is 1. The van der Waals surface area contributed by atoms with Gasteiger partial charge >= 0.3 is 6.03 Å². The Morgan fingerprint density at radius 3 is 2.52 bits per heavy atom. The first-order valence-electron chi connectivity index (χ1n) is 8.67. The van der Waals surface area contributed by atoms with Gasteiger partial charge in [-0.1, -0.05) is 11.6 Å². The van der Waals surface area contributed by atoms with E-state index in [1.165, 1.54) is 12.1 Å². The van der Waals surface area contributed by atoms with Gasteiger partial charge in [0.15, 0.2) is 0 Å². The van der Waals surface area contributed by atoms with Crippen molar-refractivity contribution in [2.45, 2.75) is 44.3 Å². The van der Waals surface area contributed by atoms with Crippen LogP contribution in [0.3, 0.4) is 0 Å². The second-order valence-electron chi connectivity index (χ2n) is 7.23. The molecule has 1 saturated carbocycles. The molecule has 2 heterocycles. The minimum Gasteiger partial charge on any atom is -0.334 e. The number of halogens is 1. The lowest BCUT2D eigenvalue weighted by Gasteiger charge is -2.26. The largest absolute Gasteiger partial charge is 0.334 e. The molecule has 1 aromatic rings. The van der Waals surface area contributed by atoms with Crippen LogP contribution in [0.1, 0.15) is 36.8 Å². The topological polar surface area (TPSA) is 122 Å². The Hall–Kier alpha value is -2.68. The normalized spacial score (nSPS) is 23.8. The number of nitro benzene ring substituents is 1. The number of nitro groups is 1.